The van der Waals surface area contributed by atoms with Gasteiger partial charge in [-0.2, -0.15) is 0 Å². The third-order valence-electron chi connectivity index (χ3n) is 4.33. The third kappa shape index (κ3) is 3.86. The summed E-state index contributed by atoms with van der Waals surface area (Å²) >= 11 is 1.59. The second-order valence-electron chi connectivity index (χ2n) is 6.14. The molecule has 1 N–H and O–H groups in total. The lowest BCUT2D eigenvalue weighted by Gasteiger charge is -2.16. The molecule has 0 aliphatic rings. The van der Waals surface area contributed by atoms with Crippen molar-refractivity contribution in [2.45, 2.75) is 31.6 Å². The van der Waals surface area contributed by atoms with Gasteiger partial charge in [0.2, 0.25) is 10.0 Å². The van der Waals surface area contributed by atoms with Gasteiger partial charge in [0.1, 0.15) is 5.76 Å². The van der Waals surface area contributed by atoms with E-state index in [1.54, 1.807) is 23.7 Å². The quantitative estimate of drug-likeness (QED) is 0.696. The maximum Gasteiger partial charge on any atom is 0.240 e. The Balaban J connectivity index is 1.87. The first-order chi connectivity index (χ1) is 11.9. The minimum Gasteiger partial charge on any atom is -0.469 e. The zero-order chi connectivity index (χ0) is 18.0. The van der Waals surface area contributed by atoms with Crippen LogP contribution in [0.4, 0.5) is 0 Å². The van der Waals surface area contributed by atoms with Crippen molar-refractivity contribution >= 4 is 21.4 Å². The van der Waals surface area contributed by atoms with Crippen LogP contribution in [0.1, 0.15) is 33.2 Å². The first-order valence-corrected chi connectivity index (χ1v) is 10.4. The largest absolute Gasteiger partial charge is 0.469 e. The van der Waals surface area contributed by atoms with Crippen LogP contribution in [0.25, 0.3) is 0 Å². The van der Waals surface area contributed by atoms with Crippen molar-refractivity contribution in [1.82, 2.24) is 4.72 Å². The Hall–Kier alpha value is -1.89. The number of thiophene rings is 1. The maximum absolute atomic E-state index is 12.8. The van der Waals surface area contributed by atoms with Crippen LogP contribution >= 0.6 is 11.3 Å². The van der Waals surface area contributed by atoms with E-state index in [-0.39, 0.29) is 12.5 Å². The Labute approximate surface area is 152 Å². The summed E-state index contributed by atoms with van der Waals surface area (Å²) in [6.45, 7) is 5.98. The predicted molar refractivity (Wildman–Crippen MR) is 101 cm³/mol. The van der Waals surface area contributed by atoms with Crippen molar-refractivity contribution in [2.75, 3.05) is 6.54 Å². The lowest BCUT2D eigenvalue weighted by atomic mass is 10.1. The van der Waals surface area contributed by atoms with Crippen molar-refractivity contribution in [3.8, 4) is 0 Å². The fourth-order valence-electron chi connectivity index (χ4n) is 2.81. The second-order valence-corrected chi connectivity index (χ2v) is 8.85. The molecule has 3 aromatic rings. The summed E-state index contributed by atoms with van der Waals surface area (Å²) in [5.74, 6) is 0.610. The van der Waals surface area contributed by atoms with Crippen molar-refractivity contribution in [3.05, 3.63) is 75.4 Å². The van der Waals surface area contributed by atoms with Crippen LogP contribution in [0, 0.1) is 20.8 Å². The number of nitrogens with one attached hydrogen (secondary N) is 1. The van der Waals surface area contributed by atoms with Gasteiger partial charge in [-0.15, -0.1) is 11.3 Å². The summed E-state index contributed by atoms with van der Waals surface area (Å²) in [6, 6.07) is 11.3. The molecule has 0 aliphatic heterocycles. The lowest BCUT2D eigenvalue weighted by Crippen LogP contribution is -2.29. The first-order valence-electron chi connectivity index (χ1n) is 8.03. The van der Waals surface area contributed by atoms with E-state index >= 15 is 0 Å². The van der Waals surface area contributed by atoms with E-state index in [9.17, 15) is 8.42 Å². The minimum absolute atomic E-state index is 0.142. The van der Waals surface area contributed by atoms with Crippen LogP contribution in [0.5, 0.6) is 0 Å². The summed E-state index contributed by atoms with van der Waals surface area (Å²) in [6.07, 6.45) is 1.61. The van der Waals surface area contributed by atoms with Gasteiger partial charge in [0.15, 0.2) is 0 Å². The van der Waals surface area contributed by atoms with E-state index in [0.717, 1.165) is 27.3 Å². The number of sulfonamides is 1. The van der Waals surface area contributed by atoms with Gasteiger partial charge < -0.3 is 4.42 Å². The maximum atomic E-state index is 12.8. The first kappa shape index (κ1) is 17.9. The van der Waals surface area contributed by atoms with Crippen LogP contribution in [0.3, 0.4) is 0 Å². The number of benzene rings is 1. The van der Waals surface area contributed by atoms with Crippen LogP contribution in [-0.4, -0.2) is 15.0 Å². The molecule has 1 aromatic carbocycles. The summed E-state index contributed by atoms with van der Waals surface area (Å²) in [7, 11) is -3.59. The van der Waals surface area contributed by atoms with E-state index < -0.39 is 10.0 Å². The molecule has 0 bridgehead atoms. The number of rotatable bonds is 6. The van der Waals surface area contributed by atoms with Crippen molar-refractivity contribution in [2.24, 2.45) is 0 Å². The molecule has 3 rings (SSSR count). The van der Waals surface area contributed by atoms with E-state index in [1.807, 2.05) is 56.5 Å². The van der Waals surface area contributed by atoms with E-state index in [1.165, 1.54) is 0 Å². The Morgan fingerprint density at radius 1 is 1.08 bits per heavy atom. The molecular weight excluding hydrogens is 354 g/mol. The average Bonchev–Trinajstić information content (AvgIpc) is 3.24. The Morgan fingerprint density at radius 3 is 2.48 bits per heavy atom. The minimum atomic E-state index is -3.59. The zero-order valence-electron chi connectivity index (χ0n) is 14.4. The highest BCUT2D eigenvalue weighted by atomic mass is 32.2. The molecule has 0 aliphatic carbocycles. The second kappa shape index (κ2) is 7.15. The molecule has 1 unspecified atom stereocenters. The van der Waals surface area contributed by atoms with Gasteiger partial charge in [-0.25, -0.2) is 13.1 Å². The molecule has 132 valence electrons. The zero-order valence-corrected chi connectivity index (χ0v) is 16.1. The number of aryl methyl sites for hydroxylation is 3. The Kier molecular flexibility index (Phi) is 5.13. The van der Waals surface area contributed by atoms with Crippen molar-refractivity contribution < 1.29 is 12.8 Å². The van der Waals surface area contributed by atoms with E-state index in [4.69, 9.17) is 4.42 Å². The van der Waals surface area contributed by atoms with Crippen LogP contribution in [-0.2, 0) is 10.0 Å². The van der Waals surface area contributed by atoms with E-state index in [2.05, 4.69) is 4.72 Å². The van der Waals surface area contributed by atoms with Gasteiger partial charge in [-0.05, 0) is 67.1 Å². The van der Waals surface area contributed by atoms with Gasteiger partial charge >= 0.3 is 0 Å². The molecule has 1 atom stereocenters. The van der Waals surface area contributed by atoms with Gasteiger partial charge in [0.25, 0.3) is 0 Å². The molecular formula is C19H21NO3S2. The molecule has 0 spiro atoms. The highest BCUT2D eigenvalue weighted by Gasteiger charge is 2.23. The Bertz CT molecular complexity index is 909. The normalized spacial score (nSPS) is 13.1. The molecule has 0 fully saturated rings. The molecule has 6 heteroatoms. The summed E-state index contributed by atoms with van der Waals surface area (Å²) in [5.41, 5.74) is 2.80. The number of furan rings is 1. The van der Waals surface area contributed by atoms with Gasteiger partial charge in [0.05, 0.1) is 17.1 Å². The van der Waals surface area contributed by atoms with Gasteiger partial charge in [0, 0.05) is 11.4 Å². The van der Waals surface area contributed by atoms with Gasteiger partial charge in [-0.1, -0.05) is 12.1 Å². The molecule has 0 saturated heterocycles. The van der Waals surface area contributed by atoms with E-state index in [0.29, 0.717) is 4.90 Å². The fraction of sp³-hybridized carbons (Fsp3) is 0.263. The number of hydrogen-bond donors (Lipinski definition) is 1. The fourth-order valence-corrected chi connectivity index (χ4v) is 5.01. The van der Waals surface area contributed by atoms with Crippen LogP contribution in [0.2, 0.25) is 0 Å². The van der Waals surface area contributed by atoms with Crippen LogP contribution in [0.15, 0.2) is 57.4 Å². The summed E-state index contributed by atoms with van der Waals surface area (Å²) < 4.78 is 33.9. The smallest absolute Gasteiger partial charge is 0.240 e. The highest BCUT2D eigenvalue weighted by Crippen LogP contribution is 2.29. The molecule has 4 nitrogen and oxygen atoms in total. The number of hydrogen-bond acceptors (Lipinski definition) is 4. The average molecular weight is 376 g/mol. The topological polar surface area (TPSA) is 59.3 Å². The molecule has 0 radical (unpaired) electrons. The Morgan fingerprint density at radius 2 is 1.84 bits per heavy atom. The molecule has 0 saturated carbocycles. The molecule has 2 heterocycles. The van der Waals surface area contributed by atoms with Crippen molar-refractivity contribution in [3.63, 3.8) is 0 Å². The highest BCUT2D eigenvalue weighted by molar-refractivity contribution is 7.89. The predicted octanol–water partition coefficient (Wildman–Crippen LogP) is 4.38. The molecule has 2 aromatic heterocycles. The van der Waals surface area contributed by atoms with Crippen molar-refractivity contribution in [1.29, 1.82) is 0 Å². The SMILES string of the molecule is Cc1cc(C)c(S(=O)(=O)NCC(c2ccco2)c2cccs2)cc1C. The third-order valence-corrected chi connectivity index (χ3v) is 6.88. The van der Waals surface area contributed by atoms with Crippen LogP contribution < -0.4 is 4.72 Å². The molecule has 25 heavy (non-hydrogen) atoms. The monoisotopic (exact) mass is 375 g/mol. The molecule has 0 amide bonds. The standard InChI is InChI=1S/C19H21NO3S2/c1-13-10-15(3)19(11-14(13)2)25(21,22)20-12-16(17-6-4-8-23-17)18-7-5-9-24-18/h4-11,16,20H,12H2,1-3H3. The summed E-state index contributed by atoms with van der Waals surface area (Å²) in [4.78, 5) is 1.40. The summed E-state index contributed by atoms with van der Waals surface area (Å²) in [5, 5.41) is 1.98. The lowest BCUT2D eigenvalue weighted by molar-refractivity contribution is 0.483. The van der Waals surface area contributed by atoms with Gasteiger partial charge in [-0.3, -0.25) is 0 Å².